The number of rotatable bonds is 6. The van der Waals surface area contributed by atoms with Gasteiger partial charge >= 0.3 is 0 Å². The summed E-state index contributed by atoms with van der Waals surface area (Å²) in [6.07, 6.45) is 6.58. The second-order valence-corrected chi connectivity index (χ2v) is 7.34. The Balaban J connectivity index is 1.55. The molecule has 0 spiro atoms. The zero-order valence-electron chi connectivity index (χ0n) is 16.5. The van der Waals surface area contributed by atoms with E-state index < -0.39 is 0 Å². The van der Waals surface area contributed by atoms with Crippen molar-refractivity contribution in [2.24, 2.45) is 5.92 Å². The summed E-state index contributed by atoms with van der Waals surface area (Å²) in [5, 5.41) is 4.41. The Labute approximate surface area is 172 Å². The number of nitrogens with zero attached hydrogens (tertiary/aromatic N) is 4. The van der Waals surface area contributed by atoms with Crippen molar-refractivity contribution < 1.29 is 14.0 Å². The standard InChI is InChI=1S/C23H20N4O3/c1-2-26(23(29)15-8-9-15)17-6-3-5-16(13-17)19-10-11-24-22-18(14-25-27(19)22)21(28)20-7-4-12-30-20/h3-7,10-15H,2,8-9H2,1H3. The average Bonchev–Trinajstić information content (AvgIpc) is 3.30. The molecule has 1 aliphatic rings. The molecule has 0 unspecified atom stereocenters. The van der Waals surface area contributed by atoms with Crippen LogP contribution in [0.25, 0.3) is 16.9 Å². The molecule has 1 amide bonds. The van der Waals surface area contributed by atoms with Crippen LogP contribution in [-0.4, -0.2) is 32.8 Å². The molecule has 4 aromatic rings. The van der Waals surface area contributed by atoms with E-state index in [9.17, 15) is 9.59 Å². The molecule has 0 atom stereocenters. The Kier molecular flexibility index (Phi) is 4.43. The molecule has 0 saturated heterocycles. The van der Waals surface area contributed by atoms with Crippen molar-refractivity contribution in [3.05, 3.63) is 72.4 Å². The van der Waals surface area contributed by atoms with E-state index in [0.29, 0.717) is 17.8 Å². The fraction of sp³-hybridized carbons (Fsp3) is 0.217. The number of carbonyl (C=O) groups excluding carboxylic acids is 2. The van der Waals surface area contributed by atoms with E-state index in [2.05, 4.69) is 10.1 Å². The summed E-state index contributed by atoms with van der Waals surface area (Å²) < 4.78 is 6.88. The van der Waals surface area contributed by atoms with Gasteiger partial charge in [0, 0.05) is 29.9 Å². The first-order valence-corrected chi connectivity index (χ1v) is 10.00. The van der Waals surface area contributed by atoms with Gasteiger partial charge in [0.1, 0.15) is 0 Å². The van der Waals surface area contributed by atoms with E-state index >= 15 is 0 Å². The first kappa shape index (κ1) is 18.3. The third-order valence-electron chi connectivity index (χ3n) is 5.35. The highest BCUT2D eigenvalue weighted by atomic mass is 16.3. The monoisotopic (exact) mass is 400 g/mol. The molecule has 1 saturated carbocycles. The fourth-order valence-corrected chi connectivity index (χ4v) is 3.66. The van der Waals surface area contributed by atoms with E-state index in [4.69, 9.17) is 4.42 Å². The first-order valence-electron chi connectivity index (χ1n) is 10.00. The van der Waals surface area contributed by atoms with Gasteiger partial charge in [0.25, 0.3) is 0 Å². The molecule has 0 bridgehead atoms. The molecule has 0 radical (unpaired) electrons. The largest absolute Gasteiger partial charge is 0.461 e. The number of anilines is 1. The van der Waals surface area contributed by atoms with Gasteiger partial charge in [-0.05, 0) is 50.1 Å². The van der Waals surface area contributed by atoms with Gasteiger partial charge in [0.2, 0.25) is 11.7 Å². The second kappa shape index (κ2) is 7.26. The molecular formula is C23H20N4O3. The van der Waals surface area contributed by atoms with Crippen molar-refractivity contribution in [1.29, 1.82) is 0 Å². The van der Waals surface area contributed by atoms with Crippen molar-refractivity contribution in [2.75, 3.05) is 11.4 Å². The molecule has 1 fully saturated rings. The van der Waals surface area contributed by atoms with Crippen molar-refractivity contribution in [2.45, 2.75) is 19.8 Å². The van der Waals surface area contributed by atoms with Crippen LogP contribution in [0, 0.1) is 5.92 Å². The molecule has 3 heterocycles. The Morgan fingerprint density at radius 3 is 2.80 bits per heavy atom. The van der Waals surface area contributed by atoms with E-state index in [1.807, 2.05) is 42.2 Å². The number of ketones is 1. The predicted molar refractivity (Wildman–Crippen MR) is 111 cm³/mol. The third-order valence-corrected chi connectivity index (χ3v) is 5.35. The van der Waals surface area contributed by atoms with Crippen LogP contribution in [0.4, 0.5) is 5.69 Å². The minimum absolute atomic E-state index is 0.155. The molecule has 3 aromatic heterocycles. The van der Waals surface area contributed by atoms with Crippen molar-refractivity contribution in [3.63, 3.8) is 0 Å². The fourth-order valence-electron chi connectivity index (χ4n) is 3.66. The van der Waals surface area contributed by atoms with Crippen LogP contribution in [0.2, 0.25) is 0 Å². The normalized spacial score (nSPS) is 13.5. The van der Waals surface area contributed by atoms with Gasteiger partial charge < -0.3 is 9.32 Å². The van der Waals surface area contributed by atoms with E-state index in [0.717, 1.165) is 29.8 Å². The van der Waals surface area contributed by atoms with Gasteiger partial charge in [-0.1, -0.05) is 12.1 Å². The van der Waals surface area contributed by atoms with Crippen LogP contribution >= 0.6 is 0 Å². The molecular weight excluding hydrogens is 380 g/mol. The predicted octanol–water partition coefficient (Wildman–Crippen LogP) is 3.98. The van der Waals surface area contributed by atoms with Crippen LogP contribution in [0.15, 0.2) is 65.5 Å². The maximum Gasteiger partial charge on any atom is 0.233 e. The summed E-state index contributed by atoms with van der Waals surface area (Å²) in [6, 6.07) is 13.0. The highest BCUT2D eigenvalue weighted by Crippen LogP contribution is 2.34. The van der Waals surface area contributed by atoms with Gasteiger partial charge in [0.15, 0.2) is 11.4 Å². The summed E-state index contributed by atoms with van der Waals surface area (Å²) in [7, 11) is 0. The lowest BCUT2D eigenvalue weighted by Crippen LogP contribution is -2.31. The molecule has 7 heteroatoms. The highest BCUT2D eigenvalue weighted by molar-refractivity contribution is 6.10. The Morgan fingerprint density at radius 2 is 2.07 bits per heavy atom. The van der Waals surface area contributed by atoms with Crippen LogP contribution in [0.5, 0.6) is 0 Å². The second-order valence-electron chi connectivity index (χ2n) is 7.34. The van der Waals surface area contributed by atoms with E-state index in [-0.39, 0.29) is 23.4 Å². The quantitative estimate of drug-likeness (QED) is 0.457. The molecule has 5 rings (SSSR count). The number of furan rings is 1. The summed E-state index contributed by atoms with van der Waals surface area (Å²) >= 11 is 0. The van der Waals surface area contributed by atoms with Crippen LogP contribution in [0.1, 0.15) is 35.9 Å². The smallest absolute Gasteiger partial charge is 0.233 e. The summed E-state index contributed by atoms with van der Waals surface area (Å²) in [6.45, 7) is 2.60. The molecule has 1 aromatic carbocycles. The molecule has 30 heavy (non-hydrogen) atoms. The summed E-state index contributed by atoms with van der Waals surface area (Å²) in [4.78, 5) is 31.6. The number of carbonyl (C=O) groups is 2. The molecule has 0 N–H and O–H groups in total. The minimum atomic E-state index is -0.263. The van der Waals surface area contributed by atoms with Gasteiger partial charge in [-0.3, -0.25) is 9.59 Å². The van der Waals surface area contributed by atoms with E-state index in [1.165, 1.54) is 12.5 Å². The van der Waals surface area contributed by atoms with E-state index in [1.54, 1.807) is 22.8 Å². The van der Waals surface area contributed by atoms with Crippen molar-refractivity contribution in [1.82, 2.24) is 14.6 Å². The molecule has 1 aliphatic carbocycles. The molecule has 7 nitrogen and oxygen atoms in total. The highest BCUT2D eigenvalue weighted by Gasteiger charge is 2.33. The number of benzene rings is 1. The van der Waals surface area contributed by atoms with Crippen LogP contribution < -0.4 is 4.90 Å². The molecule has 0 aliphatic heterocycles. The lowest BCUT2D eigenvalue weighted by molar-refractivity contribution is -0.119. The lowest BCUT2D eigenvalue weighted by atomic mass is 10.1. The van der Waals surface area contributed by atoms with Gasteiger partial charge in [-0.15, -0.1) is 0 Å². The lowest BCUT2D eigenvalue weighted by Gasteiger charge is -2.21. The van der Waals surface area contributed by atoms with Crippen LogP contribution in [-0.2, 0) is 4.79 Å². The molecule has 150 valence electrons. The minimum Gasteiger partial charge on any atom is -0.461 e. The van der Waals surface area contributed by atoms with Crippen molar-refractivity contribution in [3.8, 4) is 11.3 Å². The number of hydrogen-bond donors (Lipinski definition) is 0. The van der Waals surface area contributed by atoms with Gasteiger partial charge in [-0.25, -0.2) is 9.50 Å². The number of aromatic nitrogens is 3. The Bertz CT molecular complexity index is 1240. The first-order chi connectivity index (χ1) is 14.7. The number of fused-ring (bicyclic) bond motifs is 1. The number of amides is 1. The maximum atomic E-state index is 12.7. The number of hydrogen-bond acceptors (Lipinski definition) is 5. The van der Waals surface area contributed by atoms with Gasteiger partial charge in [-0.2, -0.15) is 5.10 Å². The average molecular weight is 400 g/mol. The maximum absolute atomic E-state index is 12.7. The zero-order valence-corrected chi connectivity index (χ0v) is 16.5. The summed E-state index contributed by atoms with van der Waals surface area (Å²) in [5.41, 5.74) is 3.37. The zero-order chi connectivity index (χ0) is 20.7. The van der Waals surface area contributed by atoms with Gasteiger partial charge in [0.05, 0.1) is 23.7 Å². The SMILES string of the molecule is CCN(C(=O)C1CC1)c1cccc(-c2ccnc3c(C(=O)c4ccco4)cnn23)c1. The summed E-state index contributed by atoms with van der Waals surface area (Å²) in [5.74, 6) is 0.319. The third kappa shape index (κ3) is 3.08. The van der Waals surface area contributed by atoms with Crippen LogP contribution in [0.3, 0.4) is 0 Å². The Hall–Kier alpha value is -3.74. The van der Waals surface area contributed by atoms with Crippen molar-refractivity contribution >= 4 is 23.0 Å². The Morgan fingerprint density at radius 1 is 1.20 bits per heavy atom. The topological polar surface area (TPSA) is 80.7 Å².